The van der Waals surface area contributed by atoms with Crippen LogP contribution in [0.5, 0.6) is 0 Å². The van der Waals surface area contributed by atoms with E-state index in [1.807, 2.05) is 18.2 Å². The summed E-state index contributed by atoms with van der Waals surface area (Å²) >= 11 is 0. The van der Waals surface area contributed by atoms with E-state index < -0.39 is 17.6 Å². The SMILES string of the molecule is NC(=O)c1ccc(F)c(C(=O)NCC2Cc3ccccc32)c1. The predicted molar refractivity (Wildman–Crippen MR) is 80.1 cm³/mol. The van der Waals surface area contributed by atoms with E-state index in [1.165, 1.54) is 23.3 Å². The number of benzene rings is 2. The van der Waals surface area contributed by atoms with Gasteiger partial charge < -0.3 is 11.1 Å². The van der Waals surface area contributed by atoms with E-state index >= 15 is 0 Å². The zero-order valence-corrected chi connectivity index (χ0v) is 11.8. The summed E-state index contributed by atoms with van der Waals surface area (Å²) in [6.07, 6.45) is 0.903. The zero-order valence-electron chi connectivity index (χ0n) is 11.8. The molecule has 4 nitrogen and oxygen atoms in total. The predicted octanol–water partition coefficient (Wildman–Crippen LogP) is 1.99. The number of primary amides is 1. The van der Waals surface area contributed by atoms with E-state index in [0.717, 1.165) is 12.5 Å². The van der Waals surface area contributed by atoms with Crippen LogP contribution < -0.4 is 11.1 Å². The maximum atomic E-state index is 13.7. The third-order valence-corrected chi connectivity index (χ3v) is 3.97. The summed E-state index contributed by atoms with van der Waals surface area (Å²) in [7, 11) is 0. The van der Waals surface area contributed by atoms with Gasteiger partial charge in [0.2, 0.25) is 5.91 Å². The van der Waals surface area contributed by atoms with Crippen LogP contribution in [0.1, 0.15) is 37.8 Å². The minimum Gasteiger partial charge on any atom is -0.366 e. The molecule has 0 saturated carbocycles. The molecule has 0 saturated heterocycles. The summed E-state index contributed by atoms with van der Waals surface area (Å²) < 4.78 is 13.7. The lowest BCUT2D eigenvalue weighted by Crippen LogP contribution is -2.33. The van der Waals surface area contributed by atoms with Gasteiger partial charge in [-0.1, -0.05) is 24.3 Å². The van der Waals surface area contributed by atoms with Crippen LogP contribution in [0.25, 0.3) is 0 Å². The van der Waals surface area contributed by atoms with Crippen molar-refractivity contribution < 1.29 is 14.0 Å². The quantitative estimate of drug-likeness (QED) is 0.906. The van der Waals surface area contributed by atoms with Crippen molar-refractivity contribution in [2.24, 2.45) is 5.73 Å². The van der Waals surface area contributed by atoms with Gasteiger partial charge in [0.15, 0.2) is 0 Å². The summed E-state index contributed by atoms with van der Waals surface area (Å²) in [6.45, 7) is 0.441. The Morgan fingerprint density at radius 1 is 1.23 bits per heavy atom. The number of nitrogens with one attached hydrogen (secondary N) is 1. The molecule has 0 heterocycles. The Morgan fingerprint density at radius 2 is 2.00 bits per heavy atom. The van der Waals surface area contributed by atoms with E-state index in [9.17, 15) is 14.0 Å². The number of fused-ring (bicyclic) bond motifs is 1. The van der Waals surface area contributed by atoms with Crippen LogP contribution in [0.2, 0.25) is 0 Å². The smallest absolute Gasteiger partial charge is 0.254 e. The van der Waals surface area contributed by atoms with Crippen LogP contribution in [-0.4, -0.2) is 18.4 Å². The number of amides is 2. The first-order valence-corrected chi connectivity index (χ1v) is 7.01. The monoisotopic (exact) mass is 298 g/mol. The normalized spacial score (nSPS) is 15.6. The molecule has 2 amide bonds. The molecule has 0 fully saturated rings. The largest absolute Gasteiger partial charge is 0.366 e. The average molecular weight is 298 g/mol. The highest BCUT2D eigenvalue weighted by molar-refractivity contribution is 5.99. The molecule has 1 aliphatic rings. The maximum Gasteiger partial charge on any atom is 0.254 e. The second-order valence-corrected chi connectivity index (χ2v) is 5.37. The molecular formula is C17H15FN2O2. The lowest BCUT2D eigenvalue weighted by Gasteiger charge is -2.30. The summed E-state index contributed by atoms with van der Waals surface area (Å²) in [5.74, 6) is -1.65. The topological polar surface area (TPSA) is 72.2 Å². The molecule has 0 spiro atoms. The number of carbonyl (C=O) groups excluding carboxylic acids is 2. The first-order chi connectivity index (χ1) is 10.6. The van der Waals surface area contributed by atoms with Crippen molar-refractivity contribution in [3.05, 3.63) is 70.5 Å². The van der Waals surface area contributed by atoms with Gasteiger partial charge in [0.1, 0.15) is 5.82 Å². The van der Waals surface area contributed by atoms with Crippen LogP contribution in [0.3, 0.4) is 0 Å². The molecule has 0 radical (unpaired) electrons. The maximum absolute atomic E-state index is 13.7. The fraction of sp³-hybridized carbons (Fsp3) is 0.176. The first kappa shape index (κ1) is 14.3. The molecule has 3 N–H and O–H groups in total. The van der Waals surface area contributed by atoms with Crippen molar-refractivity contribution in [2.45, 2.75) is 12.3 Å². The van der Waals surface area contributed by atoms with Gasteiger partial charge in [-0.2, -0.15) is 0 Å². The van der Waals surface area contributed by atoms with Gasteiger partial charge in [-0.3, -0.25) is 9.59 Å². The minimum atomic E-state index is -0.693. The molecule has 1 aliphatic carbocycles. The zero-order chi connectivity index (χ0) is 15.7. The lowest BCUT2D eigenvalue weighted by molar-refractivity contribution is 0.0946. The summed E-state index contributed by atoms with van der Waals surface area (Å²) in [5.41, 5.74) is 7.59. The minimum absolute atomic E-state index is 0.112. The van der Waals surface area contributed by atoms with Crippen molar-refractivity contribution in [3.63, 3.8) is 0 Å². The van der Waals surface area contributed by atoms with Gasteiger partial charge in [0.25, 0.3) is 5.91 Å². The lowest BCUT2D eigenvalue weighted by atomic mass is 9.77. The third-order valence-electron chi connectivity index (χ3n) is 3.97. The van der Waals surface area contributed by atoms with Crippen LogP contribution >= 0.6 is 0 Å². The van der Waals surface area contributed by atoms with Crippen molar-refractivity contribution in [1.82, 2.24) is 5.32 Å². The Kier molecular flexibility index (Phi) is 3.63. The average Bonchev–Trinajstić information content (AvgIpc) is 2.48. The highest BCUT2D eigenvalue weighted by Crippen LogP contribution is 2.34. The van der Waals surface area contributed by atoms with Gasteiger partial charge in [-0.05, 0) is 35.7 Å². The molecule has 2 aromatic rings. The van der Waals surface area contributed by atoms with E-state index in [1.54, 1.807) is 0 Å². The Balaban J connectivity index is 1.68. The van der Waals surface area contributed by atoms with Crippen LogP contribution in [-0.2, 0) is 6.42 Å². The second kappa shape index (κ2) is 5.60. The molecule has 5 heteroatoms. The molecule has 1 atom stereocenters. The second-order valence-electron chi connectivity index (χ2n) is 5.37. The highest BCUT2D eigenvalue weighted by atomic mass is 19.1. The molecule has 1 unspecified atom stereocenters. The Morgan fingerprint density at radius 3 is 2.73 bits per heavy atom. The van der Waals surface area contributed by atoms with E-state index in [-0.39, 0.29) is 17.0 Å². The molecule has 112 valence electrons. The van der Waals surface area contributed by atoms with Gasteiger partial charge >= 0.3 is 0 Å². The van der Waals surface area contributed by atoms with Gasteiger partial charge in [0, 0.05) is 18.0 Å². The van der Waals surface area contributed by atoms with E-state index in [0.29, 0.717) is 6.54 Å². The van der Waals surface area contributed by atoms with Crippen LogP contribution in [0.15, 0.2) is 42.5 Å². The standard InChI is InChI=1S/C17H15FN2O2/c18-15-6-5-11(16(19)21)8-14(15)17(22)20-9-12-7-10-3-1-2-4-13(10)12/h1-6,8,12H,7,9H2,(H2,19,21)(H,20,22). The fourth-order valence-electron chi connectivity index (χ4n) is 2.71. The summed E-state index contributed by atoms with van der Waals surface area (Å²) in [5, 5.41) is 2.72. The molecular weight excluding hydrogens is 283 g/mol. The molecule has 3 rings (SSSR count). The molecule has 0 aliphatic heterocycles. The Bertz CT molecular complexity index is 758. The molecule has 0 aromatic heterocycles. The number of hydrogen-bond acceptors (Lipinski definition) is 2. The third kappa shape index (κ3) is 2.57. The van der Waals surface area contributed by atoms with Crippen molar-refractivity contribution in [1.29, 1.82) is 0 Å². The molecule has 0 bridgehead atoms. The summed E-state index contributed by atoms with van der Waals surface area (Å²) in [6, 6.07) is 11.6. The number of rotatable bonds is 4. The summed E-state index contributed by atoms with van der Waals surface area (Å²) in [4.78, 5) is 23.2. The van der Waals surface area contributed by atoms with Crippen LogP contribution in [0, 0.1) is 5.82 Å². The van der Waals surface area contributed by atoms with Gasteiger partial charge in [-0.25, -0.2) is 4.39 Å². The van der Waals surface area contributed by atoms with Crippen molar-refractivity contribution >= 4 is 11.8 Å². The van der Waals surface area contributed by atoms with E-state index in [2.05, 4.69) is 11.4 Å². The Hall–Kier alpha value is -2.69. The van der Waals surface area contributed by atoms with Gasteiger partial charge in [0.05, 0.1) is 5.56 Å². The van der Waals surface area contributed by atoms with E-state index in [4.69, 9.17) is 5.73 Å². The van der Waals surface area contributed by atoms with Crippen molar-refractivity contribution in [2.75, 3.05) is 6.54 Å². The number of halogens is 1. The van der Waals surface area contributed by atoms with Gasteiger partial charge in [-0.15, -0.1) is 0 Å². The Labute approximate surface area is 127 Å². The number of carbonyl (C=O) groups is 2. The van der Waals surface area contributed by atoms with Crippen molar-refractivity contribution in [3.8, 4) is 0 Å². The number of hydrogen-bond donors (Lipinski definition) is 2. The van der Waals surface area contributed by atoms with Crippen LogP contribution in [0.4, 0.5) is 4.39 Å². The first-order valence-electron chi connectivity index (χ1n) is 7.01. The highest BCUT2D eigenvalue weighted by Gasteiger charge is 2.26. The fourth-order valence-corrected chi connectivity index (χ4v) is 2.71. The molecule has 2 aromatic carbocycles. The molecule has 22 heavy (non-hydrogen) atoms. The number of nitrogens with two attached hydrogens (primary N) is 1.